The van der Waals surface area contributed by atoms with E-state index in [-0.39, 0.29) is 18.8 Å². The topological polar surface area (TPSA) is 109 Å². The predicted octanol–water partition coefficient (Wildman–Crippen LogP) is 8.36. The third-order valence-corrected chi connectivity index (χ3v) is 7.23. The number of unbranched alkanes of at least 4 members (excludes halogenated alkanes) is 15. The van der Waals surface area contributed by atoms with Gasteiger partial charge in [0.1, 0.15) is 11.4 Å². The molecular formula is C30H51FNO6P. The molecule has 0 aliphatic heterocycles. The SMILES string of the molecule is CCCCCCCCCCCCCCCCCCOCC(C)(COP(=O)(O)O)OCc1cc(F)cc(C#N)c1. The lowest BCUT2D eigenvalue weighted by atomic mass is 10.0. The molecule has 2 N–H and O–H groups in total. The summed E-state index contributed by atoms with van der Waals surface area (Å²) in [6.07, 6.45) is 20.7. The molecule has 1 aromatic rings. The molecule has 0 aliphatic carbocycles. The maximum atomic E-state index is 13.7. The molecule has 0 spiro atoms. The summed E-state index contributed by atoms with van der Waals surface area (Å²) in [5.74, 6) is -0.555. The third kappa shape index (κ3) is 20.2. The van der Waals surface area contributed by atoms with Gasteiger partial charge in [-0.25, -0.2) is 8.96 Å². The minimum absolute atomic E-state index is 0.0597. The summed E-state index contributed by atoms with van der Waals surface area (Å²) >= 11 is 0. The molecule has 9 heteroatoms. The first-order chi connectivity index (χ1) is 18.7. The minimum atomic E-state index is -4.70. The summed E-state index contributed by atoms with van der Waals surface area (Å²) < 4.78 is 41.2. The van der Waals surface area contributed by atoms with Gasteiger partial charge in [-0.15, -0.1) is 0 Å². The predicted molar refractivity (Wildman–Crippen MR) is 153 cm³/mol. The number of rotatable bonds is 25. The van der Waals surface area contributed by atoms with Gasteiger partial charge in [-0.05, 0) is 37.1 Å². The molecular weight excluding hydrogens is 520 g/mol. The van der Waals surface area contributed by atoms with E-state index >= 15 is 0 Å². The van der Waals surface area contributed by atoms with Crippen molar-refractivity contribution in [2.45, 2.75) is 129 Å². The maximum Gasteiger partial charge on any atom is 0.469 e. The van der Waals surface area contributed by atoms with E-state index in [2.05, 4.69) is 11.4 Å². The standard InChI is InChI=1S/C30H51FNO6P/c1-3-4-5-6-7-8-9-10-11-12-13-14-15-16-17-18-19-36-25-30(2,26-38-39(33,34)35)37-24-28-20-27(23-32)21-29(31)22-28/h20-22H,3-19,24-26H2,1-2H3,(H2,33,34,35). The van der Waals surface area contributed by atoms with Crippen molar-refractivity contribution in [1.29, 1.82) is 5.26 Å². The molecule has 0 radical (unpaired) electrons. The Kier molecular flexibility index (Phi) is 19.6. The van der Waals surface area contributed by atoms with Crippen LogP contribution in [0.4, 0.5) is 4.39 Å². The van der Waals surface area contributed by atoms with Crippen LogP contribution in [0.5, 0.6) is 0 Å². The fraction of sp³-hybridized carbons (Fsp3) is 0.767. The smallest absolute Gasteiger partial charge is 0.378 e. The molecule has 224 valence electrons. The number of phosphoric acid groups is 1. The summed E-state index contributed by atoms with van der Waals surface area (Å²) in [7, 11) is -4.70. The van der Waals surface area contributed by atoms with Crippen molar-refractivity contribution in [1.82, 2.24) is 0 Å². The van der Waals surface area contributed by atoms with Crippen molar-refractivity contribution < 1.29 is 32.7 Å². The lowest BCUT2D eigenvalue weighted by Crippen LogP contribution is -2.39. The van der Waals surface area contributed by atoms with E-state index in [1.54, 1.807) is 6.92 Å². The lowest BCUT2D eigenvalue weighted by molar-refractivity contribution is -0.118. The Balaban J connectivity index is 2.17. The van der Waals surface area contributed by atoms with Crippen molar-refractivity contribution in [3.63, 3.8) is 0 Å². The van der Waals surface area contributed by atoms with Crippen LogP contribution in [0.2, 0.25) is 0 Å². The summed E-state index contributed by atoms with van der Waals surface area (Å²) in [6, 6.07) is 5.77. The van der Waals surface area contributed by atoms with Crippen LogP contribution in [-0.4, -0.2) is 35.2 Å². The van der Waals surface area contributed by atoms with Gasteiger partial charge in [-0.3, -0.25) is 4.52 Å². The second-order valence-electron chi connectivity index (χ2n) is 10.8. The molecule has 0 aromatic heterocycles. The van der Waals surface area contributed by atoms with E-state index in [0.29, 0.717) is 12.2 Å². The van der Waals surface area contributed by atoms with E-state index in [0.717, 1.165) is 25.3 Å². The largest absolute Gasteiger partial charge is 0.469 e. The zero-order chi connectivity index (χ0) is 28.8. The quantitative estimate of drug-likeness (QED) is 0.0896. The molecule has 0 heterocycles. The van der Waals surface area contributed by atoms with Gasteiger partial charge < -0.3 is 19.3 Å². The number of nitrogens with zero attached hydrogens (tertiary/aromatic N) is 1. The molecule has 0 aliphatic rings. The maximum absolute atomic E-state index is 13.7. The first-order valence-corrected chi connectivity index (χ1v) is 16.3. The van der Waals surface area contributed by atoms with Crippen molar-refractivity contribution in [3.8, 4) is 6.07 Å². The highest BCUT2D eigenvalue weighted by atomic mass is 31.2. The van der Waals surface area contributed by atoms with Crippen molar-refractivity contribution in [3.05, 3.63) is 35.1 Å². The van der Waals surface area contributed by atoms with Crippen LogP contribution in [0, 0.1) is 17.1 Å². The average molecular weight is 572 g/mol. The van der Waals surface area contributed by atoms with Gasteiger partial charge in [0.25, 0.3) is 0 Å². The van der Waals surface area contributed by atoms with E-state index in [1.165, 1.54) is 95.6 Å². The summed E-state index contributed by atoms with van der Waals surface area (Å²) in [5, 5.41) is 9.03. The van der Waals surface area contributed by atoms with E-state index in [9.17, 15) is 8.96 Å². The zero-order valence-corrected chi connectivity index (χ0v) is 25.1. The van der Waals surface area contributed by atoms with Gasteiger partial charge in [-0.1, -0.05) is 103 Å². The number of halogens is 1. The Morgan fingerprint density at radius 2 is 1.36 bits per heavy atom. The fourth-order valence-electron chi connectivity index (χ4n) is 4.44. The molecule has 0 saturated heterocycles. The summed E-state index contributed by atoms with van der Waals surface area (Å²) in [6.45, 7) is 4.00. The molecule has 0 bridgehead atoms. The van der Waals surface area contributed by atoms with Crippen molar-refractivity contribution >= 4 is 7.82 Å². The molecule has 0 saturated carbocycles. The van der Waals surface area contributed by atoms with Crippen LogP contribution < -0.4 is 0 Å². The first kappa shape index (κ1) is 35.7. The van der Waals surface area contributed by atoms with Gasteiger partial charge in [-0.2, -0.15) is 5.26 Å². The van der Waals surface area contributed by atoms with Crippen molar-refractivity contribution in [2.75, 3.05) is 19.8 Å². The van der Waals surface area contributed by atoms with E-state index in [1.807, 2.05) is 6.07 Å². The molecule has 1 atom stereocenters. The average Bonchev–Trinajstić information content (AvgIpc) is 2.89. The Morgan fingerprint density at radius 1 is 0.846 bits per heavy atom. The van der Waals surface area contributed by atoms with Crippen molar-refractivity contribution in [2.24, 2.45) is 0 Å². The highest BCUT2D eigenvalue weighted by molar-refractivity contribution is 7.46. The number of hydrogen-bond donors (Lipinski definition) is 2. The Morgan fingerprint density at radius 3 is 1.85 bits per heavy atom. The van der Waals surface area contributed by atoms with Gasteiger partial charge in [0.05, 0.1) is 31.5 Å². The molecule has 1 aromatic carbocycles. The molecule has 0 amide bonds. The minimum Gasteiger partial charge on any atom is -0.378 e. The van der Waals surface area contributed by atoms with Gasteiger partial charge in [0, 0.05) is 6.61 Å². The van der Waals surface area contributed by atoms with Crippen LogP contribution in [0.1, 0.15) is 128 Å². The molecule has 1 rings (SSSR count). The number of benzene rings is 1. The molecule has 39 heavy (non-hydrogen) atoms. The van der Waals surface area contributed by atoms with Crippen LogP contribution >= 0.6 is 7.82 Å². The summed E-state index contributed by atoms with van der Waals surface area (Å²) in [5.41, 5.74) is -0.553. The van der Waals surface area contributed by atoms with Crippen LogP contribution in [-0.2, 0) is 25.2 Å². The first-order valence-electron chi connectivity index (χ1n) is 14.8. The van der Waals surface area contributed by atoms with E-state index < -0.39 is 25.8 Å². The monoisotopic (exact) mass is 571 g/mol. The van der Waals surface area contributed by atoms with Crippen LogP contribution in [0.3, 0.4) is 0 Å². The third-order valence-electron chi connectivity index (χ3n) is 6.76. The molecule has 1 unspecified atom stereocenters. The van der Waals surface area contributed by atoms with Gasteiger partial charge >= 0.3 is 7.82 Å². The zero-order valence-electron chi connectivity index (χ0n) is 24.2. The number of hydrogen-bond acceptors (Lipinski definition) is 5. The van der Waals surface area contributed by atoms with Gasteiger partial charge in [0.15, 0.2) is 0 Å². The number of phosphoric ester groups is 1. The second kappa shape index (κ2) is 21.4. The normalized spacial score (nSPS) is 13.3. The second-order valence-corrected chi connectivity index (χ2v) is 12.1. The van der Waals surface area contributed by atoms with E-state index in [4.69, 9.17) is 24.5 Å². The van der Waals surface area contributed by atoms with Crippen LogP contribution in [0.15, 0.2) is 18.2 Å². The Bertz CT molecular complexity index is 858. The number of nitriles is 1. The molecule has 7 nitrogen and oxygen atoms in total. The molecule has 0 fully saturated rings. The highest BCUT2D eigenvalue weighted by Crippen LogP contribution is 2.37. The fourth-order valence-corrected chi connectivity index (χ4v) is 4.88. The van der Waals surface area contributed by atoms with Gasteiger partial charge in [0.2, 0.25) is 0 Å². The Hall–Kier alpha value is -1.33. The van der Waals surface area contributed by atoms with Crippen LogP contribution in [0.25, 0.3) is 0 Å². The number of ether oxygens (including phenoxy) is 2. The lowest BCUT2D eigenvalue weighted by Gasteiger charge is -2.29. The highest BCUT2D eigenvalue weighted by Gasteiger charge is 2.30. The Labute approximate surface area is 235 Å². The summed E-state index contributed by atoms with van der Waals surface area (Å²) in [4.78, 5) is 18.2.